The molecule has 0 bridgehead atoms. The van der Waals surface area contributed by atoms with E-state index in [1.165, 1.54) is 11.8 Å². The Hall–Kier alpha value is -1.45. The van der Waals surface area contributed by atoms with Crippen molar-refractivity contribution in [1.82, 2.24) is 0 Å². The first kappa shape index (κ1) is 14.9. The van der Waals surface area contributed by atoms with E-state index in [0.29, 0.717) is 5.02 Å². The second-order valence-electron chi connectivity index (χ2n) is 4.30. The maximum Gasteiger partial charge on any atom is 0.321 e. The van der Waals surface area contributed by atoms with Crippen LogP contribution in [-0.2, 0) is 4.79 Å². The van der Waals surface area contributed by atoms with Crippen LogP contribution in [0, 0.1) is 0 Å². The molecule has 1 unspecified atom stereocenters. The Balaban J connectivity index is 2.25. The zero-order chi connectivity index (χ0) is 14.5. The van der Waals surface area contributed by atoms with Gasteiger partial charge >= 0.3 is 5.97 Å². The van der Waals surface area contributed by atoms with Gasteiger partial charge in [-0.2, -0.15) is 0 Å². The van der Waals surface area contributed by atoms with Crippen LogP contribution in [0.5, 0.6) is 0 Å². The van der Waals surface area contributed by atoms with Crippen LogP contribution in [-0.4, -0.2) is 16.8 Å². The Morgan fingerprint density at radius 3 is 2.05 bits per heavy atom. The molecule has 104 valence electrons. The van der Waals surface area contributed by atoms with E-state index in [1.54, 1.807) is 0 Å². The molecule has 0 aliphatic heterocycles. The van der Waals surface area contributed by atoms with Gasteiger partial charge in [-0.1, -0.05) is 54.9 Å². The summed E-state index contributed by atoms with van der Waals surface area (Å²) in [7, 11) is 0. The molecule has 1 atom stereocenters. The van der Waals surface area contributed by atoms with Gasteiger partial charge in [0.05, 0.1) is 0 Å². The maximum atomic E-state index is 11.2. The van der Waals surface area contributed by atoms with Crippen molar-refractivity contribution in [2.24, 2.45) is 0 Å². The number of rotatable bonds is 5. The highest BCUT2D eigenvalue weighted by atomic mass is 35.5. The lowest BCUT2D eigenvalue weighted by Gasteiger charge is -2.12. The Morgan fingerprint density at radius 1 is 1.10 bits per heavy atom. The second-order valence-corrected chi connectivity index (χ2v) is 6.12. The van der Waals surface area contributed by atoms with Crippen molar-refractivity contribution in [3.05, 3.63) is 59.1 Å². The number of carboxylic acid groups (broad SMARTS) is 1. The second kappa shape index (κ2) is 6.82. The molecule has 1 N–H and O–H groups in total. The molecule has 0 saturated heterocycles. The topological polar surface area (TPSA) is 37.3 Å². The highest BCUT2D eigenvalue weighted by Gasteiger charge is 2.19. The van der Waals surface area contributed by atoms with E-state index in [2.05, 4.69) is 0 Å². The fraction of sp³-hybridized carbons (Fsp3) is 0.188. The normalized spacial score (nSPS) is 12.1. The lowest BCUT2D eigenvalue weighted by atomic mass is 10.0. The van der Waals surface area contributed by atoms with Gasteiger partial charge < -0.3 is 5.11 Å². The Labute approximate surface area is 127 Å². The van der Waals surface area contributed by atoms with Crippen molar-refractivity contribution in [2.45, 2.75) is 12.2 Å². The minimum Gasteiger partial charge on any atom is -0.480 e. The van der Waals surface area contributed by atoms with E-state index in [-0.39, 0.29) is 0 Å². The van der Waals surface area contributed by atoms with Gasteiger partial charge in [0.15, 0.2) is 0 Å². The van der Waals surface area contributed by atoms with Crippen molar-refractivity contribution in [3.63, 3.8) is 0 Å². The smallest absolute Gasteiger partial charge is 0.321 e. The number of hydrogen-bond donors (Lipinski definition) is 1. The lowest BCUT2D eigenvalue weighted by molar-refractivity contribution is -0.136. The summed E-state index contributed by atoms with van der Waals surface area (Å²) in [5.41, 5.74) is 2.94. The van der Waals surface area contributed by atoms with Crippen LogP contribution < -0.4 is 0 Å². The van der Waals surface area contributed by atoms with Crippen molar-refractivity contribution >= 4 is 29.3 Å². The summed E-state index contributed by atoms with van der Waals surface area (Å²) in [4.78, 5) is 11.2. The monoisotopic (exact) mass is 306 g/mol. The minimum absolute atomic E-state index is 0.501. The van der Waals surface area contributed by atoms with Gasteiger partial charge in [-0.05, 0) is 34.6 Å². The van der Waals surface area contributed by atoms with E-state index >= 15 is 0 Å². The number of thioether (sulfide) groups is 1. The number of hydrogen-bond acceptors (Lipinski definition) is 2. The van der Waals surface area contributed by atoms with E-state index in [9.17, 15) is 9.90 Å². The average molecular weight is 307 g/mol. The largest absolute Gasteiger partial charge is 0.480 e. The van der Waals surface area contributed by atoms with Crippen LogP contribution >= 0.6 is 23.4 Å². The highest BCUT2D eigenvalue weighted by molar-refractivity contribution is 8.00. The zero-order valence-electron chi connectivity index (χ0n) is 11.0. The average Bonchev–Trinajstić information content (AvgIpc) is 2.45. The van der Waals surface area contributed by atoms with E-state index in [0.717, 1.165) is 22.4 Å². The van der Waals surface area contributed by atoms with Gasteiger partial charge in [0, 0.05) is 5.02 Å². The summed E-state index contributed by atoms with van der Waals surface area (Å²) in [6, 6.07) is 15.3. The molecule has 4 heteroatoms. The fourth-order valence-electron chi connectivity index (χ4n) is 1.97. The Bertz CT molecular complexity index is 578. The molecule has 0 aliphatic carbocycles. The Morgan fingerprint density at radius 2 is 1.60 bits per heavy atom. The summed E-state index contributed by atoms with van der Waals surface area (Å²) < 4.78 is 0. The third-order valence-electron chi connectivity index (χ3n) is 2.95. The Kier molecular flexibility index (Phi) is 5.10. The molecule has 0 amide bonds. The molecule has 2 aromatic carbocycles. The highest BCUT2D eigenvalue weighted by Crippen LogP contribution is 2.30. The molecule has 2 rings (SSSR count). The SMILES string of the molecule is CCSC(C(=O)O)c1ccc(-c2ccc(Cl)cc2)cc1. The van der Waals surface area contributed by atoms with E-state index < -0.39 is 11.2 Å². The summed E-state index contributed by atoms with van der Waals surface area (Å²) >= 11 is 7.29. The van der Waals surface area contributed by atoms with Crippen LogP contribution in [0.4, 0.5) is 0 Å². The molecular formula is C16H15ClO2S. The molecule has 0 aromatic heterocycles. The fourth-order valence-corrected chi connectivity index (χ4v) is 2.92. The molecule has 0 fully saturated rings. The summed E-state index contributed by atoms with van der Waals surface area (Å²) in [5, 5.41) is 9.44. The lowest BCUT2D eigenvalue weighted by Crippen LogP contribution is -2.08. The molecule has 0 radical (unpaired) electrons. The molecule has 0 aliphatic rings. The third-order valence-corrected chi connectivity index (χ3v) is 4.34. The number of halogens is 1. The summed E-state index contributed by atoms with van der Waals surface area (Å²) in [6.45, 7) is 1.96. The first-order valence-corrected chi connectivity index (χ1v) is 7.75. The van der Waals surface area contributed by atoms with Crippen LogP contribution in [0.25, 0.3) is 11.1 Å². The predicted octanol–water partition coefficient (Wildman–Crippen LogP) is 4.89. The van der Waals surface area contributed by atoms with Crippen molar-refractivity contribution < 1.29 is 9.90 Å². The van der Waals surface area contributed by atoms with E-state index in [4.69, 9.17) is 11.6 Å². The summed E-state index contributed by atoms with van der Waals surface area (Å²) in [6.07, 6.45) is 0. The first-order chi connectivity index (χ1) is 9.61. The maximum absolute atomic E-state index is 11.2. The van der Waals surface area contributed by atoms with Crippen molar-refractivity contribution in [3.8, 4) is 11.1 Å². The molecule has 0 saturated carbocycles. The third kappa shape index (κ3) is 3.56. The summed E-state index contributed by atoms with van der Waals surface area (Å²) in [5.74, 6) is -0.0216. The molecular weight excluding hydrogens is 292 g/mol. The van der Waals surface area contributed by atoms with Gasteiger partial charge in [-0.25, -0.2) is 0 Å². The number of carbonyl (C=O) groups is 1. The predicted molar refractivity (Wildman–Crippen MR) is 85.4 cm³/mol. The van der Waals surface area contributed by atoms with Gasteiger partial charge in [0.2, 0.25) is 0 Å². The van der Waals surface area contributed by atoms with E-state index in [1.807, 2.05) is 55.5 Å². The zero-order valence-corrected chi connectivity index (χ0v) is 12.6. The molecule has 2 nitrogen and oxygen atoms in total. The van der Waals surface area contributed by atoms with Gasteiger partial charge in [-0.15, -0.1) is 11.8 Å². The standard InChI is InChI=1S/C16H15ClO2S/c1-2-20-15(16(18)19)13-5-3-11(4-6-13)12-7-9-14(17)10-8-12/h3-10,15H,2H2,1H3,(H,18,19). The van der Waals surface area contributed by atoms with Gasteiger partial charge in [-0.3, -0.25) is 4.79 Å². The molecule has 20 heavy (non-hydrogen) atoms. The number of carboxylic acids is 1. The van der Waals surface area contributed by atoms with Crippen LogP contribution in [0.1, 0.15) is 17.7 Å². The molecule has 0 spiro atoms. The molecule has 2 aromatic rings. The van der Waals surface area contributed by atoms with Crippen LogP contribution in [0.2, 0.25) is 5.02 Å². The molecule has 0 heterocycles. The number of benzene rings is 2. The first-order valence-electron chi connectivity index (χ1n) is 6.32. The quantitative estimate of drug-likeness (QED) is 0.855. The van der Waals surface area contributed by atoms with Crippen molar-refractivity contribution in [2.75, 3.05) is 5.75 Å². The minimum atomic E-state index is -0.795. The number of aliphatic carboxylic acids is 1. The van der Waals surface area contributed by atoms with Crippen molar-refractivity contribution in [1.29, 1.82) is 0 Å². The van der Waals surface area contributed by atoms with Crippen LogP contribution in [0.3, 0.4) is 0 Å². The van der Waals surface area contributed by atoms with Gasteiger partial charge in [0.1, 0.15) is 5.25 Å². The van der Waals surface area contributed by atoms with Gasteiger partial charge in [0.25, 0.3) is 0 Å². The van der Waals surface area contributed by atoms with Crippen LogP contribution in [0.15, 0.2) is 48.5 Å².